The molecule has 0 amide bonds. The SMILES string of the molecule is COCC(C)CC(O)C1C(=O)C(C)(C)C(=O)C(C)(C)C1=O. The van der Waals surface area contributed by atoms with Gasteiger partial charge in [-0.15, -0.1) is 0 Å². The summed E-state index contributed by atoms with van der Waals surface area (Å²) in [5.41, 5.74) is -2.49. The van der Waals surface area contributed by atoms with Crippen LogP contribution in [0.3, 0.4) is 0 Å². The Labute approximate surface area is 126 Å². The van der Waals surface area contributed by atoms with E-state index in [2.05, 4.69) is 0 Å². The van der Waals surface area contributed by atoms with Crippen LogP contribution in [0.5, 0.6) is 0 Å². The first-order valence-electron chi connectivity index (χ1n) is 7.28. The van der Waals surface area contributed by atoms with Crippen LogP contribution in [0.4, 0.5) is 0 Å². The Morgan fingerprint density at radius 2 is 1.52 bits per heavy atom. The van der Waals surface area contributed by atoms with Crippen molar-refractivity contribution in [2.45, 2.75) is 47.1 Å². The number of rotatable bonds is 5. The van der Waals surface area contributed by atoms with Gasteiger partial charge in [-0.1, -0.05) is 6.92 Å². The Morgan fingerprint density at radius 3 is 1.90 bits per heavy atom. The lowest BCUT2D eigenvalue weighted by Crippen LogP contribution is -2.60. The van der Waals surface area contributed by atoms with Gasteiger partial charge in [0.15, 0.2) is 17.3 Å². The maximum Gasteiger partial charge on any atom is 0.158 e. The van der Waals surface area contributed by atoms with Crippen LogP contribution in [0.15, 0.2) is 0 Å². The zero-order valence-electron chi connectivity index (χ0n) is 13.7. The number of hydrogen-bond acceptors (Lipinski definition) is 5. The molecule has 0 aliphatic heterocycles. The average Bonchev–Trinajstić information content (AvgIpc) is 2.36. The molecule has 0 radical (unpaired) electrons. The van der Waals surface area contributed by atoms with E-state index in [0.717, 1.165) is 0 Å². The first-order chi connectivity index (χ1) is 9.47. The molecule has 0 bridgehead atoms. The summed E-state index contributed by atoms with van der Waals surface area (Å²) in [5.74, 6) is -2.44. The summed E-state index contributed by atoms with van der Waals surface area (Å²) < 4.78 is 5.01. The smallest absolute Gasteiger partial charge is 0.158 e. The topological polar surface area (TPSA) is 80.7 Å². The molecule has 21 heavy (non-hydrogen) atoms. The summed E-state index contributed by atoms with van der Waals surface area (Å²) in [6.45, 7) is 8.45. The quantitative estimate of drug-likeness (QED) is 0.776. The summed E-state index contributed by atoms with van der Waals surface area (Å²) in [4.78, 5) is 37.3. The molecule has 1 fully saturated rings. The van der Waals surface area contributed by atoms with Crippen molar-refractivity contribution in [3.8, 4) is 0 Å². The van der Waals surface area contributed by atoms with Crippen molar-refractivity contribution in [2.24, 2.45) is 22.7 Å². The maximum atomic E-state index is 12.5. The van der Waals surface area contributed by atoms with E-state index in [1.165, 1.54) is 27.7 Å². The monoisotopic (exact) mass is 298 g/mol. The van der Waals surface area contributed by atoms with Crippen molar-refractivity contribution < 1.29 is 24.2 Å². The second-order valence-corrected chi connectivity index (χ2v) is 7.15. The predicted molar refractivity (Wildman–Crippen MR) is 77.7 cm³/mol. The van der Waals surface area contributed by atoms with Crippen LogP contribution in [0, 0.1) is 22.7 Å². The summed E-state index contributed by atoms with van der Waals surface area (Å²) in [6, 6.07) is 0. The lowest BCUT2D eigenvalue weighted by molar-refractivity contribution is -0.164. The molecule has 1 N–H and O–H groups in total. The van der Waals surface area contributed by atoms with Crippen molar-refractivity contribution in [2.75, 3.05) is 13.7 Å². The Hall–Kier alpha value is -1.07. The van der Waals surface area contributed by atoms with Crippen LogP contribution in [-0.4, -0.2) is 42.3 Å². The van der Waals surface area contributed by atoms with E-state index in [-0.39, 0.29) is 18.1 Å². The highest BCUT2D eigenvalue weighted by molar-refractivity contribution is 6.28. The molecule has 0 heterocycles. The van der Waals surface area contributed by atoms with Crippen LogP contribution >= 0.6 is 0 Å². The Morgan fingerprint density at radius 1 is 1.10 bits per heavy atom. The summed E-state index contributed by atoms with van der Waals surface area (Å²) >= 11 is 0. The summed E-state index contributed by atoms with van der Waals surface area (Å²) in [5, 5.41) is 10.4. The molecule has 120 valence electrons. The van der Waals surface area contributed by atoms with Crippen molar-refractivity contribution in [3.63, 3.8) is 0 Å². The third kappa shape index (κ3) is 3.09. The highest BCUT2D eigenvalue weighted by atomic mass is 16.5. The van der Waals surface area contributed by atoms with E-state index in [1.54, 1.807) is 7.11 Å². The standard InChI is InChI=1S/C16H26O5/c1-9(8-21-6)7-10(17)11-12(18)15(2,3)14(20)16(4,5)13(11)19/h9-11,17H,7-8H2,1-6H3. The van der Waals surface area contributed by atoms with Gasteiger partial charge < -0.3 is 9.84 Å². The van der Waals surface area contributed by atoms with Gasteiger partial charge >= 0.3 is 0 Å². The van der Waals surface area contributed by atoms with E-state index in [1.807, 2.05) is 6.92 Å². The molecule has 0 aromatic heterocycles. The van der Waals surface area contributed by atoms with Gasteiger partial charge in [-0.3, -0.25) is 14.4 Å². The summed E-state index contributed by atoms with van der Waals surface area (Å²) in [6.07, 6.45) is -0.794. The molecule has 0 spiro atoms. The van der Waals surface area contributed by atoms with Crippen LogP contribution in [-0.2, 0) is 19.1 Å². The number of Topliss-reactive ketones (excluding diaryl/α,β-unsaturated/α-hetero) is 3. The number of aliphatic hydroxyl groups is 1. The highest BCUT2D eigenvalue weighted by Crippen LogP contribution is 2.42. The molecular formula is C16H26O5. The minimum atomic E-state index is -1.24. The number of ketones is 3. The third-order valence-electron chi connectivity index (χ3n) is 4.41. The zero-order valence-corrected chi connectivity index (χ0v) is 13.7. The molecule has 5 nitrogen and oxygen atoms in total. The molecule has 1 aliphatic carbocycles. The van der Waals surface area contributed by atoms with Crippen LogP contribution in [0.25, 0.3) is 0 Å². The van der Waals surface area contributed by atoms with Gasteiger partial charge in [-0.05, 0) is 40.0 Å². The first-order valence-corrected chi connectivity index (χ1v) is 7.28. The average molecular weight is 298 g/mol. The van der Waals surface area contributed by atoms with Gasteiger partial charge in [0.25, 0.3) is 0 Å². The van der Waals surface area contributed by atoms with Gasteiger partial charge in [0, 0.05) is 13.7 Å². The van der Waals surface area contributed by atoms with Gasteiger partial charge in [0.05, 0.1) is 16.9 Å². The van der Waals surface area contributed by atoms with Crippen molar-refractivity contribution in [1.29, 1.82) is 0 Å². The second-order valence-electron chi connectivity index (χ2n) is 7.15. The van der Waals surface area contributed by atoms with Gasteiger partial charge in [0.1, 0.15) is 5.92 Å². The summed E-state index contributed by atoms with van der Waals surface area (Å²) in [7, 11) is 1.56. The molecule has 1 rings (SSSR count). The number of carbonyl (C=O) groups is 3. The number of hydrogen-bond donors (Lipinski definition) is 1. The number of ether oxygens (including phenoxy) is 1. The van der Waals surface area contributed by atoms with E-state index >= 15 is 0 Å². The van der Waals surface area contributed by atoms with Gasteiger partial charge in [-0.25, -0.2) is 0 Å². The largest absolute Gasteiger partial charge is 0.392 e. The van der Waals surface area contributed by atoms with E-state index < -0.39 is 34.4 Å². The number of carbonyl (C=O) groups excluding carboxylic acids is 3. The second kappa shape index (κ2) is 5.97. The fraction of sp³-hybridized carbons (Fsp3) is 0.812. The number of aliphatic hydroxyl groups excluding tert-OH is 1. The van der Waals surface area contributed by atoms with Crippen molar-refractivity contribution in [1.82, 2.24) is 0 Å². The lowest BCUT2D eigenvalue weighted by atomic mass is 9.57. The van der Waals surface area contributed by atoms with Crippen molar-refractivity contribution in [3.05, 3.63) is 0 Å². The maximum absolute atomic E-state index is 12.5. The minimum Gasteiger partial charge on any atom is -0.392 e. The van der Waals surface area contributed by atoms with Gasteiger partial charge in [-0.2, -0.15) is 0 Å². The highest BCUT2D eigenvalue weighted by Gasteiger charge is 2.59. The van der Waals surface area contributed by atoms with Crippen LogP contribution in [0.1, 0.15) is 41.0 Å². The Bertz CT molecular complexity index is 420. The van der Waals surface area contributed by atoms with Crippen molar-refractivity contribution >= 4 is 17.3 Å². The molecule has 2 atom stereocenters. The fourth-order valence-electron chi connectivity index (χ4n) is 3.15. The first kappa shape index (κ1) is 18.0. The minimum absolute atomic E-state index is 0.0226. The Kier molecular flexibility index (Phi) is 5.11. The van der Waals surface area contributed by atoms with Crippen LogP contribution in [0.2, 0.25) is 0 Å². The third-order valence-corrected chi connectivity index (χ3v) is 4.41. The van der Waals surface area contributed by atoms with E-state index in [4.69, 9.17) is 4.74 Å². The molecule has 1 aliphatic rings. The molecule has 0 saturated heterocycles. The lowest BCUT2D eigenvalue weighted by Gasteiger charge is -2.42. The van der Waals surface area contributed by atoms with Gasteiger partial charge in [0.2, 0.25) is 0 Å². The molecule has 0 aromatic rings. The fourth-order valence-corrected chi connectivity index (χ4v) is 3.15. The molecule has 0 aromatic carbocycles. The molecule has 2 unspecified atom stereocenters. The molecule has 1 saturated carbocycles. The molecule has 5 heteroatoms. The number of methoxy groups -OCH3 is 1. The predicted octanol–water partition coefficient (Wildman–Crippen LogP) is 1.41. The van der Waals surface area contributed by atoms with Crippen LogP contribution < -0.4 is 0 Å². The van der Waals surface area contributed by atoms with E-state index in [0.29, 0.717) is 6.61 Å². The normalized spacial score (nSPS) is 25.0. The van der Waals surface area contributed by atoms with E-state index in [9.17, 15) is 19.5 Å². The zero-order chi connectivity index (χ0) is 16.6. The molecular weight excluding hydrogens is 272 g/mol. The Balaban J connectivity index is 3.07.